The first-order valence-corrected chi connectivity index (χ1v) is 8.36. The number of rotatable bonds is 3. The van der Waals surface area contributed by atoms with E-state index in [4.69, 9.17) is 5.73 Å². The van der Waals surface area contributed by atoms with Crippen molar-refractivity contribution in [1.82, 2.24) is 4.90 Å². The lowest BCUT2D eigenvalue weighted by molar-refractivity contribution is 0.0713. The second kappa shape index (κ2) is 5.50. The maximum atomic E-state index is 13.1. The summed E-state index contributed by atoms with van der Waals surface area (Å²) in [6.07, 6.45) is 1.24. The number of piperidine rings is 1. The molecule has 1 aliphatic carbocycles. The zero-order valence-corrected chi connectivity index (χ0v) is 13.4. The van der Waals surface area contributed by atoms with Gasteiger partial charge in [-0.1, -0.05) is 48.0 Å². The number of amides is 1. The Bertz CT molecular complexity index is 755. The lowest BCUT2D eigenvalue weighted by Crippen LogP contribution is -2.42. The number of carbonyl (C=O) groups is 1. The zero-order valence-electron chi connectivity index (χ0n) is 13.4. The fourth-order valence-corrected chi connectivity index (χ4v) is 4.00. The SMILES string of the molecule is Cc1cccc(-c2ccccc2C(=O)N2C[C@@H]3C[C@@H]3[C@H]2CN)c1. The molecule has 1 saturated heterocycles. The minimum absolute atomic E-state index is 0.129. The number of fused-ring (bicyclic) bond motifs is 1. The molecule has 0 unspecified atom stereocenters. The van der Waals surface area contributed by atoms with E-state index >= 15 is 0 Å². The van der Waals surface area contributed by atoms with E-state index < -0.39 is 0 Å². The summed E-state index contributed by atoms with van der Waals surface area (Å²) < 4.78 is 0. The van der Waals surface area contributed by atoms with E-state index in [9.17, 15) is 4.79 Å². The molecule has 118 valence electrons. The van der Waals surface area contributed by atoms with Crippen molar-refractivity contribution in [2.45, 2.75) is 19.4 Å². The molecule has 2 aliphatic rings. The van der Waals surface area contributed by atoms with E-state index in [-0.39, 0.29) is 11.9 Å². The molecule has 0 aromatic heterocycles. The maximum absolute atomic E-state index is 13.1. The van der Waals surface area contributed by atoms with E-state index in [0.29, 0.717) is 18.4 Å². The summed E-state index contributed by atoms with van der Waals surface area (Å²) in [5, 5.41) is 0. The van der Waals surface area contributed by atoms with Crippen molar-refractivity contribution in [1.29, 1.82) is 0 Å². The Balaban J connectivity index is 1.71. The number of nitrogens with two attached hydrogens (primary N) is 1. The van der Waals surface area contributed by atoms with Gasteiger partial charge in [0.1, 0.15) is 0 Å². The summed E-state index contributed by atoms with van der Waals surface area (Å²) >= 11 is 0. The molecule has 1 saturated carbocycles. The molecule has 2 aromatic rings. The molecule has 1 amide bonds. The molecular formula is C20H22N2O. The van der Waals surface area contributed by atoms with Gasteiger partial charge in [-0.3, -0.25) is 4.79 Å². The normalized spacial score (nSPS) is 25.3. The molecule has 1 aliphatic heterocycles. The summed E-state index contributed by atoms with van der Waals surface area (Å²) in [5.41, 5.74) is 10.0. The van der Waals surface area contributed by atoms with Gasteiger partial charge in [-0.25, -0.2) is 0 Å². The highest BCUT2D eigenvalue weighted by Gasteiger charge is 2.53. The third kappa shape index (κ3) is 2.45. The quantitative estimate of drug-likeness (QED) is 0.947. The summed E-state index contributed by atoms with van der Waals surface area (Å²) in [4.78, 5) is 15.1. The van der Waals surface area contributed by atoms with Gasteiger partial charge in [-0.05, 0) is 42.4 Å². The highest BCUT2D eigenvalue weighted by molar-refractivity contribution is 6.01. The molecule has 23 heavy (non-hydrogen) atoms. The second-order valence-electron chi connectivity index (χ2n) is 6.84. The van der Waals surface area contributed by atoms with E-state index in [2.05, 4.69) is 25.1 Å². The molecule has 2 fully saturated rings. The fraction of sp³-hybridized carbons (Fsp3) is 0.350. The molecule has 3 atom stereocenters. The summed E-state index contributed by atoms with van der Waals surface area (Å²) in [6, 6.07) is 16.5. The van der Waals surface area contributed by atoms with Crippen molar-refractivity contribution < 1.29 is 4.79 Å². The zero-order chi connectivity index (χ0) is 16.0. The third-order valence-electron chi connectivity index (χ3n) is 5.29. The first-order valence-electron chi connectivity index (χ1n) is 8.36. The van der Waals surface area contributed by atoms with Crippen LogP contribution in [0.25, 0.3) is 11.1 Å². The molecule has 0 bridgehead atoms. The average Bonchev–Trinajstić information content (AvgIpc) is 3.25. The molecule has 0 radical (unpaired) electrons. The molecule has 0 spiro atoms. The van der Waals surface area contributed by atoms with Gasteiger partial charge in [0.05, 0.1) is 0 Å². The Morgan fingerprint density at radius 1 is 1.22 bits per heavy atom. The first kappa shape index (κ1) is 14.5. The van der Waals surface area contributed by atoms with Crippen LogP contribution in [0.15, 0.2) is 48.5 Å². The van der Waals surface area contributed by atoms with Gasteiger partial charge in [0.25, 0.3) is 5.91 Å². The van der Waals surface area contributed by atoms with E-state index in [1.807, 2.05) is 35.2 Å². The average molecular weight is 306 g/mol. The molecule has 1 heterocycles. The van der Waals surface area contributed by atoms with Gasteiger partial charge in [0.15, 0.2) is 0 Å². The number of nitrogens with zero attached hydrogens (tertiary/aromatic N) is 1. The number of hydrogen-bond acceptors (Lipinski definition) is 2. The van der Waals surface area contributed by atoms with Crippen LogP contribution in [0.5, 0.6) is 0 Å². The number of benzene rings is 2. The van der Waals surface area contributed by atoms with Crippen molar-refractivity contribution in [3.05, 3.63) is 59.7 Å². The van der Waals surface area contributed by atoms with Crippen molar-refractivity contribution in [2.24, 2.45) is 17.6 Å². The first-order chi connectivity index (χ1) is 11.2. The molecule has 3 heteroatoms. The Morgan fingerprint density at radius 2 is 2.04 bits per heavy atom. The van der Waals surface area contributed by atoms with Crippen LogP contribution in [0.4, 0.5) is 0 Å². The number of carbonyl (C=O) groups excluding carboxylic acids is 1. The molecule has 3 nitrogen and oxygen atoms in total. The molecule has 2 aromatic carbocycles. The van der Waals surface area contributed by atoms with Gasteiger partial charge < -0.3 is 10.6 Å². The van der Waals surface area contributed by atoms with Crippen molar-refractivity contribution in [3.63, 3.8) is 0 Å². The Hall–Kier alpha value is -2.13. The van der Waals surface area contributed by atoms with Gasteiger partial charge in [-0.2, -0.15) is 0 Å². The Kier molecular flexibility index (Phi) is 3.46. The van der Waals surface area contributed by atoms with Gasteiger partial charge in [0.2, 0.25) is 0 Å². The topological polar surface area (TPSA) is 46.3 Å². The van der Waals surface area contributed by atoms with Crippen LogP contribution in [0.1, 0.15) is 22.3 Å². The maximum Gasteiger partial charge on any atom is 0.254 e. The van der Waals surface area contributed by atoms with Crippen LogP contribution >= 0.6 is 0 Å². The van der Waals surface area contributed by atoms with Gasteiger partial charge >= 0.3 is 0 Å². The smallest absolute Gasteiger partial charge is 0.254 e. The number of aryl methyl sites for hydroxylation is 1. The minimum atomic E-state index is 0.129. The minimum Gasteiger partial charge on any atom is -0.334 e. The van der Waals surface area contributed by atoms with Crippen molar-refractivity contribution >= 4 is 5.91 Å². The Labute approximate surface area is 137 Å². The van der Waals surface area contributed by atoms with Crippen molar-refractivity contribution in [3.8, 4) is 11.1 Å². The largest absolute Gasteiger partial charge is 0.334 e. The van der Waals surface area contributed by atoms with Crippen LogP contribution in [-0.4, -0.2) is 29.9 Å². The van der Waals surface area contributed by atoms with Crippen LogP contribution in [0, 0.1) is 18.8 Å². The van der Waals surface area contributed by atoms with Crippen LogP contribution in [0.2, 0.25) is 0 Å². The fourth-order valence-electron chi connectivity index (χ4n) is 4.00. The van der Waals surface area contributed by atoms with Crippen LogP contribution in [-0.2, 0) is 0 Å². The van der Waals surface area contributed by atoms with E-state index in [1.165, 1.54) is 12.0 Å². The number of hydrogen-bond donors (Lipinski definition) is 1. The predicted octanol–water partition coefficient (Wildman–Crippen LogP) is 3.08. The van der Waals surface area contributed by atoms with Crippen LogP contribution in [0.3, 0.4) is 0 Å². The van der Waals surface area contributed by atoms with Gasteiger partial charge in [-0.15, -0.1) is 0 Å². The lowest BCUT2D eigenvalue weighted by atomic mass is 9.97. The summed E-state index contributed by atoms with van der Waals surface area (Å²) in [5.74, 6) is 1.44. The molecule has 2 N–H and O–H groups in total. The Morgan fingerprint density at radius 3 is 2.83 bits per heavy atom. The summed E-state index contributed by atoms with van der Waals surface area (Å²) in [7, 11) is 0. The number of likely N-dealkylation sites (tertiary alicyclic amines) is 1. The van der Waals surface area contributed by atoms with E-state index in [0.717, 1.165) is 23.2 Å². The second-order valence-corrected chi connectivity index (χ2v) is 6.84. The molecule has 4 rings (SSSR count). The molecular weight excluding hydrogens is 284 g/mol. The predicted molar refractivity (Wildman–Crippen MR) is 92.1 cm³/mol. The van der Waals surface area contributed by atoms with E-state index in [1.54, 1.807) is 0 Å². The standard InChI is InChI=1S/C20H22N2O/c1-13-5-4-6-14(9-13)16-7-2-3-8-17(16)20(23)22-12-15-10-18(15)19(22)11-21/h2-9,15,18-19H,10-12,21H2,1H3/t15-,18-,19+/m0/s1. The third-order valence-corrected chi connectivity index (χ3v) is 5.29. The summed E-state index contributed by atoms with van der Waals surface area (Å²) in [6.45, 7) is 3.51. The highest BCUT2D eigenvalue weighted by atomic mass is 16.2. The van der Waals surface area contributed by atoms with Gasteiger partial charge in [0, 0.05) is 24.7 Å². The highest BCUT2D eigenvalue weighted by Crippen LogP contribution is 2.49. The monoisotopic (exact) mass is 306 g/mol. The lowest BCUT2D eigenvalue weighted by Gasteiger charge is -2.27. The van der Waals surface area contributed by atoms with Crippen LogP contribution < -0.4 is 5.73 Å². The van der Waals surface area contributed by atoms with Crippen molar-refractivity contribution in [2.75, 3.05) is 13.1 Å².